The molecule has 0 radical (unpaired) electrons. The van der Waals surface area contributed by atoms with Crippen molar-refractivity contribution >= 4 is 33.9 Å². The van der Waals surface area contributed by atoms with Crippen LogP contribution in [0, 0.1) is 5.41 Å². The molecule has 0 heterocycles. The maximum atomic E-state index is 12.2. The first-order valence-electron chi connectivity index (χ1n) is 7.15. The van der Waals surface area contributed by atoms with Crippen LogP contribution in [-0.2, 0) is 11.2 Å². The molecule has 1 unspecified atom stereocenters. The highest BCUT2D eigenvalue weighted by molar-refractivity contribution is 7.94. The fourth-order valence-electron chi connectivity index (χ4n) is 2.31. The zero-order chi connectivity index (χ0) is 16.2. The maximum absolute atomic E-state index is 12.2. The van der Waals surface area contributed by atoms with Gasteiger partial charge in [0.05, 0.1) is 0 Å². The third kappa shape index (κ3) is 3.62. The molecule has 3 aromatic rings. The molecule has 3 aromatic carbocycles. The van der Waals surface area contributed by atoms with E-state index >= 15 is 0 Å². The Morgan fingerprint density at radius 2 is 1.65 bits per heavy atom. The first-order chi connectivity index (χ1) is 11.1. The molecule has 0 amide bonds. The molecular weight excluding hydrogens is 304 g/mol. The number of rotatable bonds is 4. The molecule has 3 rings (SSSR count). The number of hydrogen-bond donors (Lipinski definition) is 2. The van der Waals surface area contributed by atoms with Gasteiger partial charge in [0.2, 0.25) is 0 Å². The van der Waals surface area contributed by atoms with Crippen molar-refractivity contribution in [1.29, 1.82) is 5.41 Å². The van der Waals surface area contributed by atoms with Crippen molar-refractivity contribution in [3.8, 4) is 0 Å². The summed E-state index contributed by atoms with van der Waals surface area (Å²) in [5, 5.41) is 11.3. The van der Waals surface area contributed by atoms with Crippen LogP contribution in [0.15, 0.2) is 77.0 Å². The predicted octanol–water partition coefficient (Wildman–Crippen LogP) is 3.90. The van der Waals surface area contributed by atoms with E-state index in [4.69, 9.17) is 11.1 Å². The lowest BCUT2D eigenvalue weighted by molar-refractivity contribution is 0.604. The summed E-state index contributed by atoms with van der Waals surface area (Å²) in [4.78, 5) is 0.788. The molecule has 0 fully saturated rings. The molecule has 0 aliphatic heterocycles. The quantitative estimate of drug-likeness (QED) is 0.434. The van der Waals surface area contributed by atoms with Crippen LogP contribution in [0.1, 0.15) is 11.1 Å². The molecule has 23 heavy (non-hydrogen) atoms. The number of hydrogen-bond acceptors (Lipinski definition) is 2. The summed E-state index contributed by atoms with van der Waals surface area (Å²) in [6.45, 7) is 0. The van der Waals surface area contributed by atoms with Crippen molar-refractivity contribution in [3.63, 3.8) is 0 Å². The third-order valence-corrected chi connectivity index (χ3v) is 4.65. The minimum Gasteiger partial charge on any atom is -0.607 e. The second-order valence-electron chi connectivity index (χ2n) is 5.15. The van der Waals surface area contributed by atoms with Gasteiger partial charge >= 0.3 is 0 Å². The van der Waals surface area contributed by atoms with E-state index in [0.29, 0.717) is 5.56 Å². The summed E-state index contributed by atoms with van der Waals surface area (Å²) in [6, 6.07) is 21.0. The van der Waals surface area contributed by atoms with Gasteiger partial charge in [-0.15, -0.1) is 0 Å². The number of nitrogens with two attached hydrogens (primary N) is 1. The average Bonchev–Trinajstić information content (AvgIpc) is 2.59. The lowest BCUT2D eigenvalue weighted by Gasteiger charge is -2.05. The van der Waals surface area contributed by atoms with Crippen LogP contribution in [-0.4, -0.2) is 10.4 Å². The summed E-state index contributed by atoms with van der Waals surface area (Å²) in [6.07, 6.45) is 1.86. The van der Waals surface area contributed by atoms with Crippen LogP contribution in [0.2, 0.25) is 0 Å². The van der Waals surface area contributed by atoms with Crippen LogP contribution >= 0.6 is 0 Å². The zero-order valence-electron chi connectivity index (χ0n) is 12.4. The Hall–Kier alpha value is -2.56. The molecule has 0 aliphatic carbocycles. The Kier molecular flexibility index (Phi) is 4.46. The second kappa shape index (κ2) is 6.69. The predicted molar refractivity (Wildman–Crippen MR) is 96.8 cm³/mol. The summed E-state index contributed by atoms with van der Waals surface area (Å²) in [5.74, 6) is 0.0640. The van der Waals surface area contributed by atoms with Crippen molar-refractivity contribution in [3.05, 3.63) is 83.3 Å². The fourth-order valence-corrected chi connectivity index (χ4v) is 3.17. The Morgan fingerprint density at radius 3 is 2.39 bits per heavy atom. The molecule has 0 saturated heterocycles. The Labute approximate surface area is 138 Å². The van der Waals surface area contributed by atoms with Gasteiger partial charge in [0, 0.05) is 16.7 Å². The minimum atomic E-state index is -1.15. The van der Waals surface area contributed by atoms with Gasteiger partial charge in [-0.05, 0) is 46.7 Å². The molecule has 114 valence electrons. The summed E-state index contributed by atoms with van der Waals surface area (Å²) >= 11 is -1.15. The van der Waals surface area contributed by atoms with E-state index in [9.17, 15) is 4.55 Å². The largest absolute Gasteiger partial charge is 0.607 e. The van der Waals surface area contributed by atoms with Gasteiger partial charge < -0.3 is 10.3 Å². The van der Waals surface area contributed by atoms with Gasteiger partial charge in [0.1, 0.15) is 11.2 Å². The first-order valence-corrected chi connectivity index (χ1v) is 8.37. The number of amidine groups is 1. The Bertz CT molecular complexity index is 875. The van der Waals surface area contributed by atoms with Crippen LogP contribution < -0.4 is 5.73 Å². The second-order valence-corrected chi connectivity index (χ2v) is 6.49. The summed E-state index contributed by atoms with van der Waals surface area (Å²) < 4.78 is 12.2. The van der Waals surface area contributed by atoms with Gasteiger partial charge in [-0.25, -0.2) is 0 Å². The van der Waals surface area contributed by atoms with E-state index in [1.807, 2.05) is 72.8 Å². The van der Waals surface area contributed by atoms with Crippen LogP contribution in [0.3, 0.4) is 0 Å². The van der Waals surface area contributed by atoms with Gasteiger partial charge in [0.25, 0.3) is 0 Å². The monoisotopic (exact) mass is 320 g/mol. The normalized spacial score (nSPS) is 12.6. The van der Waals surface area contributed by atoms with Crippen molar-refractivity contribution in [2.45, 2.75) is 4.90 Å². The lowest BCUT2D eigenvalue weighted by Crippen LogP contribution is -2.10. The van der Waals surface area contributed by atoms with Gasteiger partial charge in [-0.2, -0.15) is 0 Å². The molecule has 1 atom stereocenters. The highest BCUT2D eigenvalue weighted by Gasteiger charge is 2.05. The fraction of sp³-hybridized carbons (Fsp3) is 0. The lowest BCUT2D eigenvalue weighted by atomic mass is 10.0. The molecule has 0 spiro atoms. The molecule has 0 bridgehead atoms. The minimum absolute atomic E-state index is 0.0640. The van der Waals surface area contributed by atoms with E-state index in [-0.39, 0.29) is 5.84 Å². The van der Waals surface area contributed by atoms with Gasteiger partial charge in [-0.3, -0.25) is 5.41 Å². The van der Waals surface area contributed by atoms with Crippen molar-refractivity contribution in [1.82, 2.24) is 0 Å². The zero-order valence-corrected chi connectivity index (χ0v) is 13.2. The number of nitrogen functional groups attached to an aromatic ring is 1. The van der Waals surface area contributed by atoms with E-state index < -0.39 is 11.2 Å². The molecular formula is C19H16N2OS. The Balaban J connectivity index is 1.85. The van der Waals surface area contributed by atoms with Crippen LogP contribution in [0.5, 0.6) is 0 Å². The van der Waals surface area contributed by atoms with Crippen molar-refractivity contribution in [2.75, 3.05) is 0 Å². The van der Waals surface area contributed by atoms with Gasteiger partial charge in [-0.1, -0.05) is 42.5 Å². The molecule has 0 saturated carbocycles. The smallest absolute Gasteiger partial charge is 0.157 e. The van der Waals surface area contributed by atoms with E-state index in [0.717, 1.165) is 21.2 Å². The standard InChI is InChI=1S/C19H16N2OS/c20-19(21)17-9-8-15-12-14(6-7-16(15)13-17)10-11-23(22)18-4-2-1-3-5-18/h1-13H,(H3,20,21)/b11-10+. The van der Waals surface area contributed by atoms with Gasteiger partial charge in [0.15, 0.2) is 4.90 Å². The number of nitrogens with one attached hydrogen (secondary N) is 1. The van der Waals surface area contributed by atoms with E-state index in [1.165, 1.54) is 0 Å². The molecule has 3 N–H and O–H groups in total. The first kappa shape index (κ1) is 15.3. The van der Waals surface area contributed by atoms with Crippen molar-refractivity contribution in [2.24, 2.45) is 5.73 Å². The van der Waals surface area contributed by atoms with E-state index in [2.05, 4.69) is 0 Å². The third-order valence-electron chi connectivity index (χ3n) is 3.53. The molecule has 0 aromatic heterocycles. The number of benzene rings is 3. The Morgan fingerprint density at radius 1 is 0.957 bits per heavy atom. The van der Waals surface area contributed by atoms with Crippen molar-refractivity contribution < 1.29 is 4.55 Å². The summed E-state index contributed by atoms with van der Waals surface area (Å²) in [7, 11) is 0. The van der Waals surface area contributed by atoms with Crippen LogP contribution in [0.25, 0.3) is 16.8 Å². The topological polar surface area (TPSA) is 72.9 Å². The number of fused-ring (bicyclic) bond motifs is 1. The van der Waals surface area contributed by atoms with Crippen LogP contribution in [0.4, 0.5) is 0 Å². The maximum Gasteiger partial charge on any atom is 0.157 e. The average molecular weight is 320 g/mol. The molecule has 4 heteroatoms. The SMILES string of the molecule is N=C(N)c1ccc2cc(/C=C/[S+]([O-])c3ccccc3)ccc2c1. The molecule has 3 nitrogen and oxygen atoms in total. The van der Waals surface area contributed by atoms with E-state index in [1.54, 1.807) is 5.41 Å². The summed E-state index contributed by atoms with van der Waals surface area (Å²) in [5.41, 5.74) is 7.21. The molecule has 0 aliphatic rings. The highest BCUT2D eigenvalue weighted by Crippen LogP contribution is 2.20. The highest BCUT2D eigenvalue weighted by atomic mass is 32.2.